The number of hydrogen-bond acceptors (Lipinski definition) is 4. The van der Waals surface area contributed by atoms with Crippen molar-refractivity contribution in [1.29, 1.82) is 0 Å². The van der Waals surface area contributed by atoms with E-state index in [1.54, 1.807) is 12.1 Å². The van der Waals surface area contributed by atoms with Gasteiger partial charge in [0, 0.05) is 5.56 Å². The van der Waals surface area contributed by atoms with Crippen molar-refractivity contribution >= 4 is 12.2 Å². The first-order chi connectivity index (χ1) is 10.1. The second kappa shape index (κ2) is 8.63. The van der Waals surface area contributed by atoms with E-state index < -0.39 is 6.03 Å². The van der Waals surface area contributed by atoms with Crippen LogP contribution in [-0.2, 0) is 6.42 Å². The van der Waals surface area contributed by atoms with Gasteiger partial charge in [-0.15, -0.1) is 6.58 Å². The van der Waals surface area contributed by atoms with Crippen LogP contribution in [0.3, 0.4) is 0 Å². The molecule has 3 N–H and O–H groups in total. The van der Waals surface area contributed by atoms with Crippen molar-refractivity contribution in [2.45, 2.75) is 20.3 Å². The van der Waals surface area contributed by atoms with Crippen LogP contribution in [0.1, 0.15) is 25.0 Å². The molecule has 0 heterocycles. The van der Waals surface area contributed by atoms with Crippen LogP contribution in [0.25, 0.3) is 0 Å². The molecule has 1 aromatic carbocycles. The van der Waals surface area contributed by atoms with E-state index in [9.17, 15) is 4.79 Å². The fourth-order valence-corrected chi connectivity index (χ4v) is 1.81. The summed E-state index contributed by atoms with van der Waals surface area (Å²) in [6.45, 7) is 8.63. The second-order valence-corrected chi connectivity index (χ2v) is 4.10. The van der Waals surface area contributed by atoms with Crippen LogP contribution in [0.4, 0.5) is 4.79 Å². The predicted molar refractivity (Wildman–Crippen MR) is 83.0 cm³/mol. The number of hydrogen-bond donors (Lipinski definition) is 2. The van der Waals surface area contributed by atoms with Gasteiger partial charge in [-0.1, -0.05) is 6.08 Å². The number of nitrogens with zero attached hydrogens (tertiary/aromatic N) is 1. The Bertz CT molecular complexity index is 527. The van der Waals surface area contributed by atoms with Crippen molar-refractivity contribution in [2.24, 2.45) is 10.8 Å². The zero-order chi connectivity index (χ0) is 15.7. The maximum atomic E-state index is 10.6. The summed E-state index contributed by atoms with van der Waals surface area (Å²) in [5, 5.41) is 3.75. The summed E-state index contributed by atoms with van der Waals surface area (Å²) in [5.41, 5.74) is 8.82. The monoisotopic (exact) mass is 291 g/mol. The summed E-state index contributed by atoms with van der Waals surface area (Å²) in [4.78, 5) is 10.6. The number of primary amides is 1. The van der Waals surface area contributed by atoms with E-state index in [1.807, 2.05) is 19.9 Å². The fraction of sp³-hybridized carbons (Fsp3) is 0.333. The highest BCUT2D eigenvalue weighted by Gasteiger charge is 2.12. The van der Waals surface area contributed by atoms with Gasteiger partial charge in [0.15, 0.2) is 11.5 Å². The standard InChI is InChI=1S/C15H21N3O3/c1-4-7-12-8-11(10-17-18-15(16)19)9-13(20-5-2)14(12)21-6-3/h4,8-10H,1,5-7H2,2-3H3,(H3,16,18,19). The van der Waals surface area contributed by atoms with Crippen molar-refractivity contribution < 1.29 is 14.3 Å². The molecule has 0 bridgehead atoms. The lowest BCUT2D eigenvalue weighted by Gasteiger charge is -2.15. The minimum Gasteiger partial charge on any atom is -0.490 e. The van der Waals surface area contributed by atoms with E-state index in [0.717, 1.165) is 11.1 Å². The Hall–Kier alpha value is -2.50. The summed E-state index contributed by atoms with van der Waals surface area (Å²) in [5.74, 6) is 1.35. The molecule has 0 aliphatic rings. The van der Waals surface area contributed by atoms with Crippen LogP contribution >= 0.6 is 0 Å². The number of ether oxygens (including phenoxy) is 2. The first kappa shape index (κ1) is 16.6. The van der Waals surface area contributed by atoms with Crippen LogP contribution in [-0.4, -0.2) is 25.5 Å². The molecule has 0 radical (unpaired) electrons. The SMILES string of the molecule is C=CCc1cc(C=NNC(N)=O)cc(OCC)c1OCC. The molecule has 6 heteroatoms. The van der Waals surface area contributed by atoms with Crippen molar-refractivity contribution in [3.8, 4) is 11.5 Å². The first-order valence-electron chi connectivity index (χ1n) is 6.74. The largest absolute Gasteiger partial charge is 0.490 e. The van der Waals surface area contributed by atoms with Crippen molar-refractivity contribution in [2.75, 3.05) is 13.2 Å². The number of urea groups is 1. The molecule has 0 saturated heterocycles. The number of carbonyl (C=O) groups is 1. The number of benzene rings is 1. The van der Waals surface area contributed by atoms with Gasteiger partial charge in [-0.2, -0.15) is 5.10 Å². The van der Waals surface area contributed by atoms with Gasteiger partial charge in [0.05, 0.1) is 19.4 Å². The topological polar surface area (TPSA) is 85.9 Å². The average Bonchev–Trinajstić information content (AvgIpc) is 2.42. The summed E-state index contributed by atoms with van der Waals surface area (Å²) >= 11 is 0. The number of amides is 2. The number of nitrogens with two attached hydrogens (primary N) is 1. The molecular formula is C15H21N3O3. The Morgan fingerprint density at radius 3 is 2.67 bits per heavy atom. The summed E-state index contributed by atoms with van der Waals surface area (Å²) in [6, 6.07) is 2.99. The van der Waals surface area contributed by atoms with Crippen molar-refractivity contribution in [1.82, 2.24) is 5.43 Å². The van der Waals surface area contributed by atoms with Crippen molar-refractivity contribution in [3.05, 3.63) is 35.9 Å². The van der Waals surface area contributed by atoms with Crippen molar-refractivity contribution in [3.63, 3.8) is 0 Å². The van der Waals surface area contributed by atoms with Gasteiger partial charge in [0.1, 0.15) is 0 Å². The highest BCUT2D eigenvalue weighted by Crippen LogP contribution is 2.33. The smallest absolute Gasteiger partial charge is 0.332 e. The molecule has 0 aliphatic heterocycles. The Kier molecular flexibility index (Phi) is 6.80. The van der Waals surface area contributed by atoms with Gasteiger partial charge in [-0.3, -0.25) is 0 Å². The molecule has 0 unspecified atom stereocenters. The molecule has 0 spiro atoms. The molecule has 1 rings (SSSR count). The number of carbonyl (C=O) groups excluding carboxylic acids is 1. The normalized spacial score (nSPS) is 10.4. The van der Waals surface area contributed by atoms with Crippen LogP contribution in [0, 0.1) is 0 Å². The summed E-state index contributed by atoms with van der Waals surface area (Å²) < 4.78 is 11.3. The van der Waals surface area contributed by atoms with Gasteiger partial charge in [-0.25, -0.2) is 10.2 Å². The lowest BCUT2D eigenvalue weighted by molar-refractivity contribution is 0.249. The van der Waals surface area contributed by atoms with Crippen LogP contribution < -0.4 is 20.6 Å². The van der Waals surface area contributed by atoms with Gasteiger partial charge < -0.3 is 15.2 Å². The molecule has 6 nitrogen and oxygen atoms in total. The average molecular weight is 291 g/mol. The highest BCUT2D eigenvalue weighted by atomic mass is 16.5. The minimum atomic E-state index is -0.714. The fourth-order valence-electron chi connectivity index (χ4n) is 1.81. The number of nitrogens with one attached hydrogen (secondary N) is 1. The third-order valence-corrected chi connectivity index (χ3v) is 2.50. The Morgan fingerprint density at radius 2 is 2.10 bits per heavy atom. The molecule has 0 aromatic heterocycles. The van der Waals surface area contributed by atoms with Gasteiger partial charge >= 0.3 is 6.03 Å². The van der Waals surface area contributed by atoms with E-state index >= 15 is 0 Å². The highest BCUT2D eigenvalue weighted by molar-refractivity contribution is 5.83. The lowest BCUT2D eigenvalue weighted by Crippen LogP contribution is -2.24. The maximum Gasteiger partial charge on any atom is 0.332 e. The van der Waals surface area contributed by atoms with Crippen LogP contribution in [0.5, 0.6) is 11.5 Å². The van der Waals surface area contributed by atoms with Gasteiger partial charge in [0.25, 0.3) is 0 Å². The van der Waals surface area contributed by atoms with Gasteiger partial charge in [-0.05, 0) is 38.0 Å². The van der Waals surface area contributed by atoms with E-state index in [1.165, 1.54) is 6.21 Å². The number of rotatable bonds is 8. The van der Waals surface area contributed by atoms with Gasteiger partial charge in [0.2, 0.25) is 0 Å². The predicted octanol–water partition coefficient (Wildman–Crippen LogP) is 2.21. The number of hydrazone groups is 1. The minimum absolute atomic E-state index is 0.522. The third-order valence-electron chi connectivity index (χ3n) is 2.50. The molecule has 0 fully saturated rings. The molecule has 0 aliphatic carbocycles. The molecule has 0 atom stereocenters. The quantitative estimate of drug-likeness (QED) is 0.437. The molecular weight excluding hydrogens is 270 g/mol. The third kappa shape index (κ3) is 5.18. The summed E-state index contributed by atoms with van der Waals surface area (Å²) in [7, 11) is 0. The maximum absolute atomic E-state index is 10.6. The van der Waals surface area contributed by atoms with E-state index in [-0.39, 0.29) is 0 Å². The second-order valence-electron chi connectivity index (χ2n) is 4.10. The molecule has 114 valence electrons. The Balaban J connectivity index is 3.17. The molecule has 0 saturated carbocycles. The lowest BCUT2D eigenvalue weighted by atomic mass is 10.1. The Labute approximate surface area is 124 Å². The Morgan fingerprint density at radius 1 is 1.38 bits per heavy atom. The summed E-state index contributed by atoms with van der Waals surface area (Å²) in [6.07, 6.45) is 3.92. The molecule has 2 amide bonds. The zero-order valence-electron chi connectivity index (χ0n) is 12.4. The first-order valence-corrected chi connectivity index (χ1v) is 6.74. The van der Waals surface area contributed by atoms with E-state index in [2.05, 4.69) is 17.1 Å². The van der Waals surface area contributed by atoms with E-state index in [4.69, 9.17) is 15.2 Å². The molecule has 21 heavy (non-hydrogen) atoms. The number of allylic oxidation sites excluding steroid dienone is 1. The molecule has 1 aromatic rings. The van der Waals surface area contributed by atoms with E-state index in [0.29, 0.717) is 31.1 Å². The van der Waals surface area contributed by atoms with Crippen LogP contribution in [0.2, 0.25) is 0 Å². The zero-order valence-corrected chi connectivity index (χ0v) is 12.4. The van der Waals surface area contributed by atoms with Crippen LogP contribution in [0.15, 0.2) is 29.9 Å².